The molecule has 0 atom stereocenters. The third-order valence-electron chi connectivity index (χ3n) is 4.89. The van der Waals surface area contributed by atoms with E-state index in [1.165, 1.54) is 5.56 Å². The molecule has 8 nitrogen and oxygen atoms in total. The Bertz CT molecular complexity index is 1230. The number of sulfone groups is 1. The summed E-state index contributed by atoms with van der Waals surface area (Å²) in [6.07, 6.45) is 2.76. The SMILES string of the molecule is O=C(CCS(=O)(=O)c1ccc2c(c1)CCC2)Nc1cccc(-c2noc(=O)[nH]2)c1. The van der Waals surface area contributed by atoms with Gasteiger partial charge in [-0.05, 0) is 54.7 Å². The zero-order valence-electron chi connectivity index (χ0n) is 15.5. The first-order valence-corrected chi connectivity index (χ1v) is 10.9. The summed E-state index contributed by atoms with van der Waals surface area (Å²) >= 11 is 0. The van der Waals surface area contributed by atoms with Gasteiger partial charge in [0.1, 0.15) is 0 Å². The van der Waals surface area contributed by atoms with Crippen LogP contribution < -0.4 is 11.1 Å². The molecule has 3 aromatic rings. The lowest BCUT2D eigenvalue weighted by molar-refractivity contribution is -0.115. The van der Waals surface area contributed by atoms with Gasteiger partial charge in [0.15, 0.2) is 15.7 Å². The largest absolute Gasteiger partial charge is 0.439 e. The minimum absolute atomic E-state index is 0.162. The van der Waals surface area contributed by atoms with Gasteiger partial charge in [0.25, 0.3) is 0 Å². The number of hydrogen-bond acceptors (Lipinski definition) is 6. The number of nitrogens with one attached hydrogen (secondary N) is 2. The van der Waals surface area contributed by atoms with Gasteiger partial charge in [-0.2, -0.15) is 0 Å². The molecule has 0 unspecified atom stereocenters. The van der Waals surface area contributed by atoms with Gasteiger partial charge in [0, 0.05) is 17.7 Å². The maximum absolute atomic E-state index is 12.6. The normalized spacial score (nSPS) is 13.2. The summed E-state index contributed by atoms with van der Waals surface area (Å²) in [7, 11) is -3.54. The Labute approximate surface area is 166 Å². The van der Waals surface area contributed by atoms with Crippen LogP contribution >= 0.6 is 0 Å². The number of aromatic nitrogens is 2. The van der Waals surface area contributed by atoms with Gasteiger partial charge in [0.2, 0.25) is 5.91 Å². The Balaban J connectivity index is 1.40. The fourth-order valence-electron chi connectivity index (χ4n) is 3.41. The highest BCUT2D eigenvalue weighted by atomic mass is 32.2. The van der Waals surface area contributed by atoms with Crippen molar-refractivity contribution < 1.29 is 17.7 Å². The standard InChI is InChI=1S/C20H19N3O5S/c24-18(21-16-6-2-5-15(11-16)19-22-20(25)28-23-19)9-10-29(26,27)17-8-7-13-3-1-4-14(13)12-17/h2,5-8,11-12H,1,3-4,9-10H2,(H,21,24)(H,22,23,25). The van der Waals surface area contributed by atoms with Crippen LogP contribution in [0.3, 0.4) is 0 Å². The van der Waals surface area contributed by atoms with Gasteiger partial charge in [0.05, 0.1) is 10.6 Å². The molecule has 150 valence electrons. The molecule has 0 aliphatic heterocycles. The number of aryl methyl sites for hydroxylation is 2. The first-order chi connectivity index (χ1) is 13.9. The van der Waals surface area contributed by atoms with Gasteiger partial charge < -0.3 is 5.32 Å². The molecule has 0 bridgehead atoms. The van der Waals surface area contributed by atoms with Crippen molar-refractivity contribution >= 4 is 21.4 Å². The number of nitrogens with zero attached hydrogens (tertiary/aromatic N) is 1. The predicted molar refractivity (Wildman–Crippen MR) is 106 cm³/mol. The Morgan fingerprint density at radius 1 is 1.14 bits per heavy atom. The van der Waals surface area contributed by atoms with E-state index in [1.54, 1.807) is 36.4 Å². The van der Waals surface area contributed by atoms with Gasteiger partial charge in [-0.3, -0.25) is 14.3 Å². The van der Waals surface area contributed by atoms with Crippen LogP contribution in [0.25, 0.3) is 11.4 Å². The third kappa shape index (κ3) is 4.29. The summed E-state index contributed by atoms with van der Waals surface area (Å²) in [6.45, 7) is 0. The topological polar surface area (TPSA) is 122 Å². The zero-order chi connectivity index (χ0) is 20.4. The van der Waals surface area contributed by atoms with Crippen molar-refractivity contribution in [2.75, 3.05) is 11.1 Å². The Hall–Kier alpha value is -3.20. The second kappa shape index (κ2) is 7.67. The number of carbonyl (C=O) groups is 1. The van der Waals surface area contributed by atoms with Gasteiger partial charge in [-0.25, -0.2) is 13.2 Å². The maximum atomic E-state index is 12.6. The zero-order valence-corrected chi connectivity index (χ0v) is 16.3. The molecule has 2 aromatic carbocycles. The number of hydrogen-bond donors (Lipinski definition) is 2. The molecule has 0 spiro atoms. The number of amides is 1. The third-order valence-corrected chi connectivity index (χ3v) is 6.60. The molecule has 1 aliphatic carbocycles. The van der Waals surface area contributed by atoms with Crippen molar-refractivity contribution in [1.82, 2.24) is 10.1 Å². The summed E-state index contributed by atoms with van der Waals surface area (Å²) in [5, 5.41) is 6.27. The molecule has 4 rings (SSSR count). The van der Waals surface area contributed by atoms with E-state index in [-0.39, 0.29) is 22.9 Å². The Morgan fingerprint density at radius 2 is 1.97 bits per heavy atom. The fourth-order valence-corrected chi connectivity index (χ4v) is 4.70. The number of carbonyl (C=O) groups excluding carboxylic acids is 1. The van der Waals surface area contributed by atoms with E-state index < -0.39 is 21.5 Å². The summed E-state index contributed by atoms with van der Waals surface area (Å²) < 4.78 is 29.7. The van der Waals surface area contributed by atoms with Crippen LogP contribution in [0.4, 0.5) is 5.69 Å². The smallest absolute Gasteiger partial charge is 0.326 e. The quantitative estimate of drug-likeness (QED) is 0.639. The van der Waals surface area contributed by atoms with E-state index in [0.717, 1.165) is 24.8 Å². The highest BCUT2D eigenvalue weighted by Gasteiger charge is 2.20. The lowest BCUT2D eigenvalue weighted by atomic mass is 10.1. The Morgan fingerprint density at radius 3 is 2.76 bits per heavy atom. The van der Waals surface area contributed by atoms with Gasteiger partial charge in [-0.1, -0.05) is 23.4 Å². The predicted octanol–water partition coefficient (Wildman–Crippen LogP) is 2.32. The second-order valence-corrected chi connectivity index (χ2v) is 9.03. The molecule has 0 saturated heterocycles. The first kappa shape index (κ1) is 19.1. The van der Waals surface area contributed by atoms with Crippen LogP contribution in [0.15, 0.2) is 56.7 Å². The van der Waals surface area contributed by atoms with E-state index in [1.807, 2.05) is 6.07 Å². The average molecular weight is 413 g/mol. The van der Waals surface area contributed by atoms with E-state index in [0.29, 0.717) is 11.3 Å². The van der Waals surface area contributed by atoms with Crippen LogP contribution in [-0.4, -0.2) is 30.2 Å². The number of fused-ring (bicyclic) bond motifs is 1. The lowest BCUT2D eigenvalue weighted by Gasteiger charge is -2.08. The Kier molecular flexibility index (Phi) is 5.06. The van der Waals surface area contributed by atoms with Crippen molar-refractivity contribution in [2.24, 2.45) is 0 Å². The van der Waals surface area contributed by atoms with Crippen LogP contribution in [0.5, 0.6) is 0 Å². The molecule has 2 N–H and O–H groups in total. The lowest BCUT2D eigenvalue weighted by Crippen LogP contribution is -2.17. The van der Waals surface area contributed by atoms with Gasteiger partial charge >= 0.3 is 5.76 Å². The van der Waals surface area contributed by atoms with Crippen molar-refractivity contribution in [3.8, 4) is 11.4 Å². The summed E-state index contributed by atoms with van der Waals surface area (Å²) in [5.41, 5.74) is 3.30. The van der Waals surface area contributed by atoms with Crippen LogP contribution in [-0.2, 0) is 27.5 Å². The molecular formula is C20H19N3O5S. The molecule has 1 aliphatic rings. The molecule has 0 saturated carbocycles. The molecule has 9 heteroatoms. The summed E-state index contributed by atoms with van der Waals surface area (Å²) in [5.74, 6) is -1.12. The van der Waals surface area contributed by atoms with E-state index in [2.05, 4.69) is 20.0 Å². The van der Waals surface area contributed by atoms with E-state index >= 15 is 0 Å². The highest BCUT2D eigenvalue weighted by Crippen LogP contribution is 2.25. The average Bonchev–Trinajstić information content (AvgIpc) is 3.35. The first-order valence-electron chi connectivity index (χ1n) is 9.21. The van der Waals surface area contributed by atoms with Crippen molar-refractivity contribution in [1.29, 1.82) is 0 Å². The van der Waals surface area contributed by atoms with Crippen molar-refractivity contribution in [3.63, 3.8) is 0 Å². The molecule has 0 radical (unpaired) electrons. The summed E-state index contributed by atoms with van der Waals surface area (Å²) in [6, 6.07) is 11.9. The van der Waals surface area contributed by atoms with E-state index in [9.17, 15) is 18.0 Å². The number of H-pyrrole nitrogens is 1. The molecule has 1 aromatic heterocycles. The summed E-state index contributed by atoms with van der Waals surface area (Å²) in [4.78, 5) is 26.0. The van der Waals surface area contributed by atoms with E-state index in [4.69, 9.17) is 0 Å². The molecule has 29 heavy (non-hydrogen) atoms. The molecule has 1 amide bonds. The van der Waals surface area contributed by atoms with Crippen molar-refractivity contribution in [3.05, 3.63) is 64.1 Å². The monoisotopic (exact) mass is 413 g/mol. The minimum atomic E-state index is -3.54. The maximum Gasteiger partial charge on any atom is 0.439 e. The van der Waals surface area contributed by atoms with Crippen molar-refractivity contribution in [2.45, 2.75) is 30.6 Å². The van der Waals surface area contributed by atoms with Crippen LogP contribution in [0.1, 0.15) is 24.0 Å². The molecule has 1 heterocycles. The van der Waals surface area contributed by atoms with Crippen LogP contribution in [0, 0.1) is 0 Å². The van der Waals surface area contributed by atoms with Crippen LogP contribution in [0.2, 0.25) is 0 Å². The molecule has 0 fully saturated rings. The second-order valence-electron chi connectivity index (χ2n) is 6.93. The highest BCUT2D eigenvalue weighted by molar-refractivity contribution is 7.91. The van der Waals surface area contributed by atoms with Gasteiger partial charge in [-0.15, -0.1) is 0 Å². The molecular weight excluding hydrogens is 394 g/mol. The number of rotatable bonds is 6. The fraction of sp³-hybridized carbons (Fsp3) is 0.250. The number of anilines is 1. The number of aromatic amines is 1. The minimum Gasteiger partial charge on any atom is -0.326 e. The number of benzene rings is 2.